The van der Waals surface area contributed by atoms with Crippen molar-refractivity contribution in [2.24, 2.45) is 0 Å². The molecule has 1 aliphatic rings. The average molecular weight is 314 g/mol. The van der Waals surface area contributed by atoms with E-state index in [2.05, 4.69) is 24.3 Å². The van der Waals surface area contributed by atoms with Gasteiger partial charge in [0.25, 0.3) is 0 Å². The fourth-order valence-corrected chi connectivity index (χ4v) is 3.24. The van der Waals surface area contributed by atoms with Gasteiger partial charge in [0.05, 0.1) is 11.4 Å². The number of nitrogens with zero attached hydrogens (tertiary/aromatic N) is 3. The minimum atomic E-state index is -0.0120. The maximum absolute atomic E-state index is 12.5. The smallest absolute Gasteiger partial charge is 0.319 e. The molecule has 3 rings (SSSR count). The Kier molecular flexibility index (Phi) is 4.11. The number of aromatic nitrogens is 2. The van der Waals surface area contributed by atoms with E-state index in [1.54, 1.807) is 0 Å². The van der Waals surface area contributed by atoms with E-state index in [1.807, 2.05) is 53.9 Å². The summed E-state index contributed by atoms with van der Waals surface area (Å²) in [7, 11) is 0. The highest BCUT2D eigenvalue weighted by atomic mass is 16.2. The number of rotatable bonds is 3. The fourth-order valence-electron chi connectivity index (χ4n) is 3.24. The molecule has 1 fully saturated rings. The molecule has 2 atom stereocenters. The lowest BCUT2D eigenvalue weighted by atomic mass is 9.93. The molecule has 5 nitrogen and oxygen atoms in total. The van der Waals surface area contributed by atoms with Gasteiger partial charge in [-0.3, -0.25) is 0 Å². The van der Waals surface area contributed by atoms with Crippen molar-refractivity contribution in [2.75, 3.05) is 5.32 Å². The van der Waals surface area contributed by atoms with Gasteiger partial charge in [-0.1, -0.05) is 13.0 Å². The molecule has 1 aromatic heterocycles. The third-order valence-electron chi connectivity index (χ3n) is 4.62. The van der Waals surface area contributed by atoms with Gasteiger partial charge in [-0.25, -0.2) is 9.48 Å². The van der Waals surface area contributed by atoms with E-state index < -0.39 is 0 Å². The van der Waals surface area contributed by atoms with Gasteiger partial charge >= 0.3 is 6.03 Å². The van der Waals surface area contributed by atoms with Crippen LogP contribution in [0.4, 0.5) is 10.5 Å². The Morgan fingerprint density at radius 3 is 2.78 bits per heavy atom. The second-order valence-corrected chi connectivity index (χ2v) is 6.39. The second kappa shape index (κ2) is 6.07. The molecule has 1 aromatic carbocycles. The van der Waals surface area contributed by atoms with Crippen LogP contribution < -0.4 is 5.32 Å². The van der Waals surface area contributed by atoms with E-state index in [4.69, 9.17) is 0 Å². The monoisotopic (exact) mass is 314 g/mol. The lowest BCUT2D eigenvalue weighted by Crippen LogP contribution is -2.58. The van der Waals surface area contributed by atoms with Crippen LogP contribution in [0.15, 0.2) is 30.5 Å². The second-order valence-electron chi connectivity index (χ2n) is 6.39. The number of benzene rings is 1. The summed E-state index contributed by atoms with van der Waals surface area (Å²) < 4.78 is 1.85. The third kappa shape index (κ3) is 2.96. The topological polar surface area (TPSA) is 50.2 Å². The predicted octanol–water partition coefficient (Wildman–Crippen LogP) is 4.14. The summed E-state index contributed by atoms with van der Waals surface area (Å²) in [5.74, 6) is 0. The van der Waals surface area contributed by atoms with E-state index in [0.717, 1.165) is 35.5 Å². The number of likely N-dealkylation sites (tertiary alicyclic amines) is 1. The molecule has 0 radical (unpaired) electrons. The first-order valence-corrected chi connectivity index (χ1v) is 8.22. The molecule has 1 saturated heterocycles. The molecule has 0 bridgehead atoms. The average Bonchev–Trinajstić information content (AvgIpc) is 2.92. The molecular weight excluding hydrogens is 288 g/mol. The minimum absolute atomic E-state index is 0. The van der Waals surface area contributed by atoms with Crippen LogP contribution in [0.2, 0.25) is 0 Å². The summed E-state index contributed by atoms with van der Waals surface area (Å²) in [6, 6.07) is 8.57. The van der Waals surface area contributed by atoms with Crippen LogP contribution in [-0.4, -0.2) is 32.8 Å². The number of urea groups is 1. The van der Waals surface area contributed by atoms with Crippen LogP contribution in [0.5, 0.6) is 0 Å². The predicted molar refractivity (Wildman–Crippen MR) is 94.2 cm³/mol. The molecule has 2 amide bonds. The molecule has 2 heterocycles. The van der Waals surface area contributed by atoms with Crippen molar-refractivity contribution in [2.45, 2.75) is 52.6 Å². The van der Waals surface area contributed by atoms with Gasteiger partial charge in [-0.2, -0.15) is 5.10 Å². The first-order chi connectivity index (χ1) is 11.0. The van der Waals surface area contributed by atoms with Crippen LogP contribution in [-0.2, 0) is 0 Å². The van der Waals surface area contributed by atoms with Crippen LogP contribution in [0.1, 0.15) is 39.4 Å². The van der Waals surface area contributed by atoms with Gasteiger partial charge in [0.15, 0.2) is 0 Å². The molecule has 23 heavy (non-hydrogen) atoms. The van der Waals surface area contributed by atoms with Gasteiger partial charge in [0, 0.05) is 25.4 Å². The lowest BCUT2D eigenvalue weighted by molar-refractivity contribution is 0.0688. The van der Waals surface area contributed by atoms with E-state index in [9.17, 15) is 4.79 Å². The lowest BCUT2D eigenvalue weighted by Gasteiger charge is -2.46. The highest BCUT2D eigenvalue weighted by Crippen LogP contribution is 2.29. The largest absolute Gasteiger partial charge is 0.322 e. The van der Waals surface area contributed by atoms with Gasteiger partial charge in [-0.15, -0.1) is 0 Å². The quantitative estimate of drug-likeness (QED) is 0.925. The molecular formula is C18H26N4O. The maximum Gasteiger partial charge on any atom is 0.322 e. The standard InChI is InChI=1S/C18H24N4O.H2/c1-5-16-10-14(4)22(16)18(23)19-15-7-6-12(2)17(11-15)21-9-8-13(3)20-21;/h6-9,11,14,16H,5,10H2,1-4H3,(H,19,23);1H. The SMILES string of the molecule is CCC1CC(C)N1C(=O)Nc1ccc(C)c(-n2ccc(C)n2)c1.[HH]. The van der Waals surface area contributed by atoms with Crippen molar-refractivity contribution in [3.8, 4) is 5.69 Å². The normalized spacial score (nSPS) is 20.3. The maximum atomic E-state index is 12.5. The van der Waals surface area contributed by atoms with Crippen molar-refractivity contribution in [3.05, 3.63) is 41.7 Å². The van der Waals surface area contributed by atoms with Crippen LogP contribution in [0.3, 0.4) is 0 Å². The number of nitrogens with one attached hydrogen (secondary N) is 1. The van der Waals surface area contributed by atoms with Crippen molar-refractivity contribution < 1.29 is 6.22 Å². The van der Waals surface area contributed by atoms with Crippen molar-refractivity contribution >= 4 is 11.7 Å². The number of carbonyl (C=O) groups excluding carboxylic acids is 1. The van der Waals surface area contributed by atoms with Gasteiger partial charge in [-0.05, 0) is 57.4 Å². The Hall–Kier alpha value is -2.30. The van der Waals surface area contributed by atoms with Crippen molar-refractivity contribution in [1.29, 1.82) is 0 Å². The number of hydrogen-bond acceptors (Lipinski definition) is 2. The summed E-state index contributed by atoms with van der Waals surface area (Å²) in [6.45, 7) is 8.23. The van der Waals surface area contributed by atoms with Gasteiger partial charge in [0.2, 0.25) is 0 Å². The molecule has 2 unspecified atom stereocenters. The van der Waals surface area contributed by atoms with Gasteiger partial charge < -0.3 is 10.2 Å². The van der Waals surface area contributed by atoms with E-state index in [-0.39, 0.29) is 7.46 Å². The zero-order valence-electron chi connectivity index (χ0n) is 14.2. The Bertz CT molecular complexity index is 728. The minimum Gasteiger partial charge on any atom is -0.319 e. The first kappa shape index (κ1) is 15.6. The van der Waals surface area contributed by atoms with Gasteiger partial charge in [0.1, 0.15) is 0 Å². The third-order valence-corrected chi connectivity index (χ3v) is 4.62. The Labute approximate surface area is 138 Å². The Morgan fingerprint density at radius 1 is 1.39 bits per heavy atom. The van der Waals surface area contributed by atoms with E-state index in [1.165, 1.54) is 0 Å². The number of amides is 2. The molecule has 2 aromatic rings. The summed E-state index contributed by atoms with van der Waals surface area (Å²) in [5, 5.41) is 7.48. The summed E-state index contributed by atoms with van der Waals surface area (Å²) in [4.78, 5) is 14.4. The fraction of sp³-hybridized carbons (Fsp3) is 0.444. The zero-order valence-corrected chi connectivity index (χ0v) is 14.2. The summed E-state index contributed by atoms with van der Waals surface area (Å²) in [5.41, 5.74) is 3.88. The summed E-state index contributed by atoms with van der Waals surface area (Å²) in [6.07, 6.45) is 4.03. The van der Waals surface area contributed by atoms with E-state index in [0.29, 0.717) is 12.1 Å². The number of anilines is 1. The molecule has 0 spiro atoms. The number of carbonyl (C=O) groups is 1. The molecule has 0 saturated carbocycles. The van der Waals surface area contributed by atoms with Crippen molar-refractivity contribution in [1.82, 2.24) is 14.7 Å². The highest BCUT2D eigenvalue weighted by molar-refractivity contribution is 5.90. The number of aryl methyl sites for hydroxylation is 2. The molecule has 124 valence electrons. The summed E-state index contributed by atoms with van der Waals surface area (Å²) >= 11 is 0. The van der Waals surface area contributed by atoms with Crippen LogP contribution >= 0.6 is 0 Å². The highest BCUT2D eigenvalue weighted by Gasteiger charge is 2.37. The zero-order chi connectivity index (χ0) is 16.6. The van der Waals surface area contributed by atoms with Crippen LogP contribution in [0.25, 0.3) is 5.69 Å². The molecule has 1 N–H and O–H groups in total. The van der Waals surface area contributed by atoms with Crippen LogP contribution in [0, 0.1) is 13.8 Å². The molecule has 5 heteroatoms. The Morgan fingerprint density at radius 2 is 2.17 bits per heavy atom. The number of hydrogen-bond donors (Lipinski definition) is 1. The molecule has 0 aliphatic carbocycles. The Balaban J connectivity index is 0.00000208. The first-order valence-electron chi connectivity index (χ1n) is 8.22. The van der Waals surface area contributed by atoms with Crippen molar-refractivity contribution in [3.63, 3.8) is 0 Å². The molecule has 1 aliphatic heterocycles. The van der Waals surface area contributed by atoms with E-state index >= 15 is 0 Å².